The number of carbonyl (C=O) groups is 1. The lowest BCUT2D eigenvalue weighted by Gasteiger charge is -2.31. The van der Waals surface area contributed by atoms with Crippen molar-refractivity contribution < 1.29 is 9.90 Å². The Morgan fingerprint density at radius 2 is 2.26 bits per heavy atom. The summed E-state index contributed by atoms with van der Waals surface area (Å²) in [5, 5.41) is 10.3. The average Bonchev–Trinajstić information content (AvgIpc) is 3.17. The molecule has 3 rings (SSSR count). The van der Waals surface area contributed by atoms with Crippen molar-refractivity contribution in [3.05, 3.63) is 56.7 Å². The van der Waals surface area contributed by atoms with Gasteiger partial charge >= 0.3 is 5.97 Å². The first-order valence-electron chi connectivity index (χ1n) is 7.92. The van der Waals surface area contributed by atoms with Crippen molar-refractivity contribution in [3.8, 4) is 0 Å². The maximum Gasteiger partial charge on any atom is 0.320 e. The Balaban J connectivity index is 2.04. The smallest absolute Gasteiger partial charge is 0.320 e. The molecule has 122 valence electrons. The molecular formula is C18H20ClNO2S. The minimum atomic E-state index is -0.734. The molecule has 1 aromatic carbocycles. The molecule has 1 N–H and O–H groups in total. The number of likely N-dealkylation sites (tertiary alicyclic amines) is 1. The van der Waals surface area contributed by atoms with Gasteiger partial charge in [0.1, 0.15) is 6.04 Å². The Bertz CT molecular complexity index is 700. The summed E-state index contributed by atoms with van der Waals surface area (Å²) < 4.78 is 0. The topological polar surface area (TPSA) is 40.5 Å². The number of aliphatic carboxylic acids is 1. The van der Waals surface area contributed by atoms with Crippen LogP contribution in [0, 0.1) is 0 Å². The van der Waals surface area contributed by atoms with E-state index in [1.54, 1.807) is 11.3 Å². The highest BCUT2D eigenvalue weighted by Crippen LogP contribution is 2.38. The molecule has 2 heterocycles. The van der Waals surface area contributed by atoms with Crippen molar-refractivity contribution in [1.29, 1.82) is 0 Å². The summed E-state index contributed by atoms with van der Waals surface area (Å²) in [5.74, 6) is -0.734. The van der Waals surface area contributed by atoms with Crippen molar-refractivity contribution in [3.63, 3.8) is 0 Å². The molecule has 1 aliphatic rings. The van der Waals surface area contributed by atoms with E-state index in [-0.39, 0.29) is 6.04 Å². The molecule has 0 spiro atoms. The molecule has 0 aliphatic carbocycles. The average molecular weight is 350 g/mol. The summed E-state index contributed by atoms with van der Waals surface area (Å²) in [6, 6.07) is 11.6. The number of rotatable bonds is 5. The Morgan fingerprint density at radius 3 is 2.91 bits per heavy atom. The zero-order valence-corrected chi connectivity index (χ0v) is 14.6. The predicted molar refractivity (Wildman–Crippen MR) is 94.4 cm³/mol. The van der Waals surface area contributed by atoms with E-state index in [0.29, 0.717) is 11.4 Å². The largest absolute Gasteiger partial charge is 0.480 e. The number of carboxylic acid groups (broad SMARTS) is 1. The van der Waals surface area contributed by atoms with E-state index in [1.165, 1.54) is 9.75 Å². The lowest BCUT2D eigenvalue weighted by molar-refractivity contribution is -0.142. The number of nitrogens with zero attached hydrogens (tertiary/aromatic N) is 1. The zero-order chi connectivity index (χ0) is 16.4. The van der Waals surface area contributed by atoms with Crippen molar-refractivity contribution >= 4 is 28.9 Å². The fourth-order valence-corrected chi connectivity index (χ4v) is 4.59. The van der Waals surface area contributed by atoms with E-state index in [4.69, 9.17) is 11.6 Å². The number of halogens is 1. The Kier molecular flexibility index (Phi) is 5.05. The molecule has 23 heavy (non-hydrogen) atoms. The quantitative estimate of drug-likeness (QED) is 0.857. The van der Waals surface area contributed by atoms with Gasteiger partial charge in [-0.05, 0) is 49.1 Å². The highest BCUT2D eigenvalue weighted by Gasteiger charge is 2.37. The second kappa shape index (κ2) is 7.04. The second-order valence-electron chi connectivity index (χ2n) is 5.85. The molecule has 1 aliphatic heterocycles. The Hall–Kier alpha value is -1.36. The Labute approximate surface area is 145 Å². The molecule has 0 bridgehead atoms. The number of thiophene rings is 1. The molecule has 5 heteroatoms. The monoisotopic (exact) mass is 349 g/mol. The van der Waals surface area contributed by atoms with Gasteiger partial charge in [-0.15, -0.1) is 11.3 Å². The molecule has 3 nitrogen and oxygen atoms in total. The molecule has 2 unspecified atom stereocenters. The normalized spacial score (nSPS) is 19.8. The van der Waals surface area contributed by atoms with Crippen LogP contribution in [0.3, 0.4) is 0 Å². The third-order valence-electron chi connectivity index (χ3n) is 4.38. The van der Waals surface area contributed by atoms with E-state index >= 15 is 0 Å². The van der Waals surface area contributed by atoms with Gasteiger partial charge in [-0.25, -0.2) is 0 Å². The summed E-state index contributed by atoms with van der Waals surface area (Å²) in [5.41, 5.74) is 1.06. The highest BCUT2D eigenvalue weighted by molar-refractivity contribution is 7.12. The van der Waals surface area contributed by atoms with E-state index < -0.39 is 12.0 Å². The van der Waals surface area contributed by atoms with Gasteiger partial charge < -0.3 is 5.11 Å². The summed E-state index contributed by atoms with van der Waals surface area (Å²) in [6.45, 7) is 2.94. The van der Waals surface area contributed by atoms with Crippen molar-refractivity contribution in [2.24, 2.45) is 0 Å². The van der Waals surface area contributed by atoms with Gasteiger partial charge in [0.2, 0.25) is 0 Å². The first kappa shape index (κ1) is 16.5. The van der Waals surface area contributed by atoms with Crippen LogP contribution in [0.25, 0.3) is 0 Å². The molecule has 2 atom stereocenters. The van der Waals surface area contributed by atoms with Crippen molar-refractivity contribution in [1.82, 2.24) is 4.90 Å². The van der Waals surface area contributed by atoms with Crippen LogP contribution in [0.2, 0.25) is 5.02 Å². The van der Waals surface area contributed by atoms with E-state index in [9.17, 15) is 9.90 Å². The summed E-state index contributed by atoms with van der Waals surface area (Å²) >= 11 is 7.95. The lowest BCUT2D eigenvalue weighted by Crippen LogP contribution is -2.39. The third kappa shape index (κ3) is 3.44. The van der Waals surface area contributed by atoms with Crippen LogP contribution >= 0.6 is 22.9 Å². The number of hydrogen-bond donors (Lipinski definition) is 1. The molecule has 0 amide bonds. The number of aryl methyl sites for hydroxylation is 1. The molecule has 1 aromatic heterocycles. The van der Waals surface area contributed by atoms with Gasteiger partial charge in [0.05, 0.1) is 6.04 Å². The Morgan fingerprint density at radius 1 is 1.43 bits per heavy atom. The van der Waals surface area contributed by atoms with E-state index in [0.717, 1.165) is 24.9 Å². The van der Waals surface area contributed by atoms with Gasteiger partial charge in [0.25, 0.3) is 0 Å². The number of carboxylic acids is 1. The summed E-state index contributed by atoms with van der Waals surface area (Å²) in [7, 11) is 0. The van der Waals surface area contributed by atoms with Gasteiger partial charge in [-0.2, -0.15) is 0 Å². The zero-order valence-electron chi connectivity index (χ0n) is 13.0. The van der Waals surface area contributed by atoms with Gasteiger partial charge in [0, 0.05) is 21.3 Å². The highest BCUT2D eigenvalue weighted by atomic mass is 35.5. The lowest BCUT2D eigenvalue weighted by atomic mass is 10.0. The van der Waals surface area contributed by atoms with Crippen LogP contribution in [0.5, 0.6) is 0 Å². The number of hydrogen-bond acceptors (Lipinski definition) is 3. The van der Waals surface area contributed by atoms with Crippen molar-refractivity contribution in [2.75, 3.05) is 6.54 Å². The predicted octanol–water partition coefficient (Wildman–Crippen LogP) is 4.60. The van der Waals surface area contributed by atoms with Crippen LogP contribution in [-0.2, 0) is 11.2 Å². The standard InChI is InChI=1S/C18H20ClNO2S/c1-2-14-8-9-16(23-14)17(12-5-3-6-13(19)11-12)20-10-4-7-15(20)18(21)22/h3,5-6,8-9,11,15,17H,2,4,7,10H2,1H3,(H,21,22). The minimum absolute atomic E-state index is 0.0393. The van der Waals surface area contributed by atoms with Crippen LogP contribution < -0.4 is 0 Å². The second-order valence-corrected chi connectivity index (χ2v) is 7.49. The molecule has 1 fully saturated rings. The SMILES string of the molecule is CCc1ccc(C(c2cccc(Cl)c2)N2CCCC2C(=O)O)s1. The summed E-state index contributed by atoms with van der Waals surface area (Å²) in [6.07, 6.45) is 2.62. The molecule has 1 saturated heterocycles. The molecular weight excluding hydrogens is 330 g/mol. The third-order valence-corrected chi connectivity index (χ3v) is 5.89. The van der Waals surface area contributed by atoms with Crippen molar-refractivity contribution in [2.45, 2.75) is 38.3 Å². The van der Waals surface area contributed by atoms with Gasteiger partial charge in [-0.1, -0.05) is 30.7 Å². The van der Waals surface area contributed by atoms with E-state index in [2.05, 4.69) is 24.0 Å². The molecule has 0 radical (unpaired) electrons. The molecule has 0 saturated carbocycles. The van der Waals surface area contributed by atoms with Gasteiger partial charge in [-0.3, -0.25) is 9.69 Å². The number of benzene rings is 1. The first-order chi connectivity index (χ1) is 11.1. The fourth-order valence-electron chi connectivity index (χ4n) is 3.29. The van der Waals surface area contributed by atoms with E-state index in [1.807, 2.05) is 24.3 Å². The van der Waals surface area contributed by atoms with Gasteiger partial charge in [0.15, 0.2) is 0 Å². The summed E-state index contributed by atoms with van der Waals surface area (Å²) in [4.78, 5) is 16.3. The van der Waals surface area contributed by atoms with Crippen LogP contribution in [0.15, 0.2) is 36.4 Å². The maximum absolute atomic E-state index is 11.6. The minimum Gasteiger partial charge on any atom is -0.480 e. The van der Waals surface area contributed by atoms with Crippen LogP contribution in [0.4, 0.5) is 0 Å². The fraction of sp³-hybridized carbons (Fsp3) is 0.389. The molecule has 2 aromatic rings. The van der Waals surface area contributed by atoms with Crippen LogP contribution in [0.1, 0.15) is 41.1 Å². The maximum atomic E-state index is 11.6. The first-order valence-corrected chi connectivity index (χ1v) is 9.12. The van der Waals surface area contributed by atoms with Crippen LogP contribution in [-0.4, -0.2) is 28.6 Å².